The molecule has 1 aliphatic heterocycles. The summed E-state index contributed by atoms with van der Waals surface area (Å²) < 4.78 is 16.3. The molecule has 8 heteroatoms. The lowest BCUT2D eigenvalue weighted by molar-refractivity contribution is 0.0321. The number of aliphatic imine (C=N–C) groups is 1. The van der Waals surface area contributed by atoms with Gasteiger partial charge in [-0.2, -0.15) is 0 Å². The van der Waals surface area contributed by atoms with E-state index in [0.717, 1.165) is 28.0 Å². The molecule has 196 valence electrons. The second-order valence-electron chi connectivity index (χ2n) is 10.7. The molecular formula is C29H35N3O5. The van der Waals surface area contributed by atoms with Crippen LogP contribution in [0.15, 0.2) is 47.5 Å². The third-order valence-corrected chi connectivity index (χ3v) is 5.24. The number of guanidine groups is 1. The Morgan fingerprint density at radius 2 is 1.62 bits per heavy atom. The number of nitrogens with one attached hydrogen (secondary N) is 1. The third-order valence-electron chi connectivity index (χ3n) is 5.24. The predicted molar refractivity (Wildman–Crippen MR) is 143 cm³/mol. The molecule has 37 heavy (non-hydrogen) atoms. The van der Waals surface area contributed by atoms with Crippen LogP contribution in [0.2, 0.25) is 0 Å². The van der Waals surface area contributed by atoms with Crippen molar-refractivity contribution in [3.8, 4) is 17.6 Å². The highest BCUT2D eigenvalue weighted by molar-refractivity contribution is 6.03. The molecule has 0 bridgehead atoms. The number of carbonyl (C=O) groups excluding carboxylic acids is 2. The molecule has 0 spiro atoms. The minimum Gasteiger partial charge on any atom is -0.497 e. The molecule has 0 radical (unpaired) electrons. The van der Waals surface area contributed by atoms with Crippen LogP contribution in [-0.2, 0) is 9.47 Å². The number of benzene rings is 2. The van der Waals surface area contributed by atoms with Crippen LogP contribution in [0.4, 0.5) is 9.59 Å². The molecule has 0 aliphatic carbocycles. The summed E-state index contributed by atoms with van der Waals surface area (Å²) in [6.45, 7) is 12.8. The van der Waals surface area contributed by atoms with Crippen molar-refractivity contribution in [1.82, 2.24) is 10.2 Å². The Kier molecular flexibility index (Phi) is 8.17. The largest absolute Gasteiger partial charge is 0.497 e. The molecule has 1 unspecified atom stereocenters. The number of rotatable bonds is 2. The highest BCUT2D eigenvalue weighted by Crippen LogP contribution is 2.30. The number of hydrogen-bond donors (Lipinski definition) is 1. The summed E-state index contributed by atoms with van der Waals surface area (Å²) in [5.74, 6) is 7.31. The Balaban J connectivity index is 1.96. The Hall–Kier alpha value is -3.99. The smallest absolute Gasteiger partial charge is 0.417 e. The first-order valence-electron chi connectivity index (χ1n) is 12.1. The molecule has 8 nitrogen and oxygen atoms in total. The van der Waals surface area contributed by atoms with E-state index in [-0.39, 0.29) is 12.5 Å². The molecule has 0 aromatic heterocycles. The lowest BCUT2D eigenvalue weighted by atomic mass is 9.99. The summed E-state index contributed by atoms with van der Waals surface area (Å²) in [7, 11) is 1.63. The summed E-state index contributed by atoms with van der Waals surface area (Å²) in [5, 5.41) is 2.61. The summed E-state index contributed by atoms with van der Waals surface area (Å²) >= 11 is 0. The minimum atomic E-state index is -0.744. The SMILES string of the molecule is COc1ccc(C#Cc2ccccc2C2CN=C(NC(=O)OC(C)(C)C)N2C(=O)OC(C)(C)C)c(C)c1. The van der Waals surface area contributed by atoms with Gasteiger partial charge in [-0.1, -0.05) is 30.0 Å². The van der Waals surface area contributed by atoms with Gasteiger partial charge >= 0.3 is 12.2 Å². The zero-order valence-corrected chi connectivity index (χ0v) is 22.8. The van der Waals surface area contributed by atoms with Crippen LogP contribution < -0.4 is 10.1 Å². The second-order valence-corrected chi connectivity index (χ2v) is 10.7. The topological polar surface area (TPSA) is 89.5 Å². The molecule has 2 aromatic rings. The van der Waals surface area contributed by atoms with Crippen LogP contribution in [0, 0.1) is 18.8 Å². The highest BCUT2D eigenvalue weighted by Gasteiger charge is 2.39. The van der Waals surface area contributed by atoms with Gasteiger partial charge in [-0.15, -0.1) is 0 Å². The van der Waals surface area contributed by atoms with Crippen LogP contribution in [0.5, 0.6) is 5.75 Å². The molecule has 2 amide bonds. The van der Waals surface area contributed by atoms with E-state index in [1.54, 1.807) is 48.7 Å². The lowest BCUT2D eigenvalue weighted by Gasteiger charge is -2.30. The first-order chi connectivity index (χ1) is 17.3. The molecular weight excluding hydrogens is 470 g/mol. The number of methoxy groups -OCH3 is 1. The number of amides is 2. The van der Waals surface area contributed by atoms with Gasteiger partial charge in [0, 0.05) is 11.1 Å². The van der Waals surface area contributed by atoms with Gasteiger partial charge in [-0.05, 0) is 83.9 Å². The van der Waals surface area contributed by atoms with Gasteiger partial charge in [0.05, 0.1) is 19.7 Å². The number of nitrogens with zero attached hydrogens (tertiary/aromatic N) is 2. The monoisotopic (exact) mass is 505 g/mol. The van der Waals surface area contributed by atoms with Crippen molar-refractivity contribution in [1.29, 1.82) is 0 Å². The maximum atomic E-state index is 13.3. The Morgan fingerprint density at radius 3 is 2.24 bits per heavy atom. The molecule has 2 aromatic carbocycles. The van der Waals surface area contributed by atoms with Gasteiger partial charge in [-0.25, -0.2) is 19.5 Å². The highest BCUT2D eigenvalue weighted by atomic mass is 16.6. The van der Waals surface area contributed by atoms with Crippen molar-refractivity contribution >= 4 is 18.1 Å². The van der Waals surface area contributed by atoms with Gasteiger partial charge in [0.15, 0.2) is 0 Å². The number of ether oxygens (including phenoxy) is 3. The molecule has 1 atom stereocenters. The maximum absolute atomic E-state index is 13.3. The fourth-order valence-corrected chi connectivity index (χ4v) is 3.67. The first kappa shape index (κ1) is 27.6. The molecule has 0 saturated carbocycles. The zero-order chi connectivity index (χ0) is 27.4. The van der Waals surface area contributed by atoms with Crippen LogP contribution in [-0.4, -0.2) is 47.9 Å². The molecule has 3 rings (SSSR count). The van der Waals surface area contributed by atoms with Gasteiger partial charge < -0.3 is 14.2 Å². The van der Waals surface area contributed by atoms with E-state index in [2.05, 4.69) is 22.2 Å². The van der Waals surface area contributed by atoms with E-state index >= 15 is 0 Å². The van der Waals surface area contributed by atoms with Crippen molar-refractivity contribution in [2.45, 2.75) is 65.7 Å². The second kappa shape index (κ2) is 11.0. The average molecular weight is 506 g/mol. The zero-order valence-electron chi connectivity index (χ0n) is 22.8. The van der Waals surface area contributed by atoms with E-state index in [9.17, 15) is 9.59 Å². The quantitative estimate of drug-likeness (QED) is 0.539. The molecule has 0 saturated heterocycles. The van der Waals surface area contributed by atoms with Crippen molar-refractivity contribution in [3.05, 3.63) is 64.7 Å². The number of hydrogen-bond acceptors (Lipinski definition) is 6. The van der Waals surface area contributed by atoms with Crippen molar-refractivity contribution in [2.75, 3.05) is 13.7 Å². The summed E-state index contributed by atoms with van der Waals surface area (Å²) in [4.78, 5) is 31.6. The Morgan fingerprint density at radius 1 is 0.973 bits per heavy atom. The van der Waals surface area contributed by atoms with Gasteiger partial charge in [0.2, 0.25) is 5.96 Å². The van der Waals surface area contributed by atoms with Crippen LogP contribution in [0.1, 0.15) is 69.8 Å². The molecule has 0 fully saturated rings. The van der Waals surface area contributed by atoms with Crippen LogP contribution >= 0.6 is 0 Å². The van der Waals surface area contributed by atoms with Crippen molar-refractivity contribution < 1.29 is 23.8 Å². The first-order valence-corrected chi connectivity index (χ1v) is 12.1. The van der Waals surface area contributed by atoms with E-state index < -0.39 is 29.4 Å². The van der Waals surface area contributed by atoms with Gasteiger partial charge in [0.25, 0.3) is 0 Å². The van der Waals surface area contributed by atoms with E-state index in [4.69, 9.17) is 14.2 Å². The normalized spacial score (nSPS) is 15.3. The minimum absolute atomic E-state index is 0.0715. The van der Waals surface area contributed by atoms with Gasteiger partial charge in [0.1, 0.15) is 17.0 Å². The fourth-order valence-electron chi connectivity index (χ4n) is 3.67. The Bertz CT molecular complexity index is 1260. The van der Waals surface area contributed by atoms with Crippen LogP contribution in [0.25, 0.3) is 0 Å². The predicted octanol–water partition coefficient (Wildman–Crippen LogP) is 5.58. The summed E-state index contributed by atoms with van der Waals surface area (Å²) in [6.07, 6.45) is -1.33. The van der Waals surface area contributed by atoms with Crippen LogP contribution in [0.3, 0.4) is 0 Å². The summed E-state index contributed by atoms with van der Waals surface area (Å²) in [5.41, 5.74) is 1.94. The fraction of sp³-hybridized carbons (Fsp3) is 0.414. The lowest BCUT2D eigenvalue weighted by Crippen LogP contribution is -2.48. The molecule has 1 aliphatic rings. The molecule has 1 heterocycles. The van der Waals surface area contributed by atoms with Crippen molar-refractivity contribution in [2.24, 2.45) is 4.99 Å². The number of carbonyl (C=O) groups is 2. The number of aryl methyl sites for hydroxylation is 1. The number of alkyl carbamates (subject to hydrolysis) is 1. The van der Waals surface area contributed by atoms with E-state index in [0.29, 0.717) is 0 Å². The average Bonchev–Trinajstić information content (AvgIpc) is 3.19. The standard InChI is InChI=1S/C29H35N3O5/c1-19-17-22(35-8)16-15-20(19)13-14-21-11-9-10-12-23(21)24-18-30-25(31-26(33)36-28(2,3)4)32(24)27(34)37-29(5,6)7/h9-12,15-17,24H,18H2,1-8H3,(H,30,31,33). The molecule has 1 N–H and O–H groups in total. The van der Waals surface area contributed by atoms with E-state index in [1.807, 2.05) is 49.4 Å². The summed E-state index contributed by atoms with van der Waals surface area (Å²) in [6, 6.07) is 12.8. The Labute approximate surface area is 219 Å². The van der Waals surface area contributed by atoms with Gasteiger partial charge in [-0.3, -0.25) is 5.32 Å². The third kappa shape index (κ3) is 7.50. The van der Waals surface area contributed by atoms with Crippen molar-refractivity contribution in [3.63, 3.8) is 0 Å². The van der Waals surface area contributed by atoms with E-state index in [1.165, 1.54) is 4.90 Å². The maximum Gasteiger partial charge on any atom is 0.417 e.